The van der Waals surface area contributed by atoms with Crippen LogP contribution in [-0.2, 0) is 16.0 Å². The van der Waals surface area contributed by atoms with Crippen LogP contribution in [0.15, 0.2) is 53.0 Å². The van der Waals surface area contributed by atoms with Gasteiger partial charge in [-0.1, -0.05) is 51.8 Å². The summed E-state index contributed by atoms with van der Waals surface area (Å²) in [5, 5.41) is 3.81. The van der Waals surface area contributed by atoms with Crippen molar-refractivity contribution in [3.63, 3.8) is 0 Å². The Labute approximate surface area is 167 Å². The van der Waals surface area contributed by atoms with Crippen molar-refractivity contribution in [2.75, 3.05) is 32.8 Å². The lowest BCUT2D eigenvalue weighted by atomic mass is 10.0. The first-order valence-electron chi connectivity index (χ1n) is 8.70. The maximum atomic E-state index is 12.4. The molecular formula is C20H22BrClN2O2. The largest absolute Gasteiger partial charge is 0.379 e. The van der Waals surface area contributed by atoms with Gasteiger partial charge in [-0.25, -0.2) is 0 Å². The number of hydrogen-bond acceptors (Lipinski definition) is 3. The SMILES string of the molecule is O=C(Cc1cccc(Br)c1)NCC(c1ccc(Cl)cc1)N1CCOCC1. The van der Waals surface area contributed by atoms with Gasteiger partial charge in [-0.3, -0.25) is 9.69 Å². The molecule has 1 aliphatic rings. The van der Waals surface area contributed by atoms with E-state index in [0.717, 1.165) is 41.9 Å². The molecule has 26 heavy (non-hydrogen) atoms. The molecule has 1 amide bonds. The molecule has 4 nitrogen and oxygen atoms in total. The first-order chi connectivity index (χ1) is 12.6. The Hall–Kier alpha value is -1.40. The normalized spacial score (nSPS) is 16.2. The zero-order valence-electron chi connectivity index (χ0n) is 14.5. The van der Waals surface area contributed by atoms with E-state index < -0.39 is 0 Å². The van der Waals surface area contributed by atoms with Crippen molar-refractivity contribution >= 4 is 33.4 Å². The minimum absolute atomic E-state index is 0.0234. The summed E-state index contributed by atoms with van der Waals surface area (Å²) in [6.45, 7) is 3.71. The van der Waals surface area contributed by atoms with Crippen LogP contribution in [0.1, 0.15) is 17.2 Å². The van der Waals surface area contributed by atoms with Gasteiger partial charge in [0.25, 0.3) is 0 Å². The van der Waals surface area contributed by atoms with Gasteiger partial charge in [0.15, 0.2) is 0 Å². The van der Waals surface area contributed by atoms with Crippen molar-refractivity contribution in [3.05, 3.63) is 69.2 Å². The summed E-state index contributed by atoms with van der Waals surface area (Å²) in [7, 11) is 0. The Morgan fingerprint density at radius 1 is 1.19 bits per heavy atom. The fourth-order valence-corrected chi connectivity index (χ4v) is 3.71. The van der Waals surface area contributed by atoms with Crippen molar-refractivity contribution in [2.24, 2.45) is 0 Å². The zero-order chi connectivity index (χ0) is 18.4. The molecule has 1 unspecified atom stereocenters. The van der Waals surface area contributed by atoms with E-state index in [9.17, 15) is 4.79 Å². The van der Waals surface area contributed by atoms with Gasteiger partial charge in [0.05, 0.1) is 25.7 Å². The van der Waals surface area contributed by atoms with E-state index >= 15 is 0 Å². The molecule has 0 aromatic heterocycles. The third kappa shape index (κ3) is 5.55. The minimum atomic E-state index is 0.0234. The number of hydrogen-bond donors (Lipinski definition) is 1. The van der Waals surface area contributed by atoms with Gasteiger partial charge in [0.2, 0.25) is 5.91 Å². The molecule has 2 aromatic rings. The zero-order valence-corrected chi connectivity index (χ0v) is 16.8. The van der Waals surface area contributed by atoms with Crippen LogP contribution >= 0.6 is 27.5 Å². The Kier molecular flexibility index (Phi) is 7.08. The van der Waals surface area contributed by atoms with Crippen LogP contribution in [0.2, 0.25) is 5.02 Å². The fraction of sp³-hybridized carbons (Fsp3) is 0.350. The van der Waals surface area contributed by atoms with Crippen molar-refractivity contribution in [1.29, 1.82) is 0 Å². The third-order valence-electron chi connectivity index (χ3n) is 4.49. The third-order valence-corrected chi connectivity index (χ3v) is 5.23. The second-order valence-corrected chi connectivity index (χ2v) is 7.68. The van der Waals surface area contributed by atoms with Crippen LogP contribution in [0.25, 0.3) is 0 Å². The topological polar surface area (TPSA) is 41.6 Å². The maximum Gasteiger partial charge on any atom is 0.224 e. The van der Waals surface area contributed by atoms with Gasteiger partial charge in [0, 0.05) is 29.1 Å². The smallest absolute Gasteiger partial charge is 0.224 e. The number of nitrogens with one attached hydrogen (secondary N) is 1. The number of rotatable bonds is 6. The first kappa shape index (κ1) is 19.4. The number of ether oxygens (including phenoxy) is 1. The molecule has 0 aliphatic carbocycles. The summed E-state index contributed by atoms with van der Waals surface area (Å²) in [5.41, 5.74) is 2.14. The van der Waals surface area contributed by atoms with E-state index in [4.69, 9.17) is 16.3 Å². The molecule has 1 aliphatic heterocycles. The van der Waals surface area contributed by atoms with Crippen LogP contribution < -0.4 is 5.32 Å². The number of carbonyl (C=O) groups is 1. The van der Waals surface area contributed by atoms with Crippen molar-refractivity contribution in [1.82, 2.24) is 10.2 Å². The van der Waals surface area contributed by atoms with Crippen LogP contribution in [0, 0.1) is 0 Å². The van der Waals surface area contributed by atoms with E-state index in [2.05, 4.69) is 26.1 Å². The number of carbonyl (C=O) groups excluding carboxylic acids is 1. The molecule has 2 aromatic carbocycles. The van der Waals surface area contributed by atoms with Gasteiger partial charge < -0.3 is 10.1 Å². The molecule has 1 fully saturated rings. The molecule has 0 bridgehead atoms. The Balaban J connectivity index is 1.65. The molecule has 3 rings (SSSR count). The van der Waals surface area contributed by atoms with E-state index in [1.54, 1.807) is 0 Å². The van der Waals surface area contributed by atoms with Crippen molar-refractivity contribution in [2.45, 2.75) is 12.5 Å². The number of halogens is 2. The van der Waals surface area contributed by atoms with Gasteiger partial charge in [-0.15, -0.1) is 0 Å². The molecule has 6 heteroatoms. The summed E-state index contributed by atoms with van der Waals surface area (Å²) in [5.74, 6) is 0.0234. The Bertz CT molecular complexity index is 733. The van der Waals surface area contributed by atoms with E-state index in [-0.39, 0.29) is 11.9 Å². The summed E-state index contributed by atoms with van der Waals surface area (Å²) in [6, 6.07) is 15.8. The van der Waals surface area contributed by atoms with Crippen LogP contribution in [-0.4, -0.2) is 43.7 Å². The Morgan fingerprint density at radius 2 is 1.92 bits per heavy atom. The highest BCUT2D eigenvalue weighted by Crippen LogP contribution is 2.23. The highest BCUT2D eigenvalue weighted by atomic mass is 79.9. The summed E-state index contributed by atoms with van der Waals surface area (Å²) >= 11 is 9.47. The summed E-state index contributed by atoms with van der Waals surface area (Å²) in [6.07, 6.45) is 0.371. The average molecular weight is 438 g/mol. The lowest BCUT2D eigenvalue weighted by Gasteiger charge is -2.35. The molecule has 0 spiro atoms. The summed E-state index contributed by atoms with van der Waals surface area (Å²) in [4.78, 5) is 14.8. The van der Waals surface area contributed by atoms with Gasteiger partial charge in [0.1, 0.15) is 0 Å². The second kappa shape index (κ2) is 9.51. The molecule has 1 atom stereocenters. The van der Waals surface area contributed by atoms with E-state index in [1.807, 2.05) is 48.5 Å². The van der Waals surface area contributed by atoms with Crippen LogP contribution in [0.5, 0.6) is 0 Å². The average Bonchev–Trinajstić information content (AvgIpc) is 2.64. The highest BCUT2D eigenvalue weighted by molar-refractivity contribution is 9.10. The minimum Gasteiger partial charge on any atom is -0.379 e. The number of morpholine rings is 1. The lowest BCUT2D eigenvalue weighted by molar-refractivity contribution is -0.120. The number of nitrogens with zero attached hydrogens (tertiary/aromatic N) is 1. The molecule has 138 valence electrons. The second-order valence-electron chi connectivity index (χ2n) is 6.33. The molecule has 1 N–H and O–H groups in total. The van der Waals surface area contributed by atoms with Gasteiger partial charge in [-0.05, 0) is 35.4 Å². The van der Waals surface area contributed by atoms with Gasteiger partial charge >= 0.3 is 0 Å². The predicted octanol–water partition coefficient (Wildman–Crippen LogP) is 3.83. The standard InChI is InChI=1S/C20H22BrClN2O2/c21-17-3-1-2-15(12-17)13-20(25)23-14-19(24-8-10-26-11-9-24)16-4-6-18(22)7-5-16/h1-7,12,19H,8-11,13-14H2,(H,23,25). The first-order valence-corrected chi connectivity index (χ1v) is 9.87. The molecule has 1 saturated heterocycles. The maximum absolute atomic E-state index is 12.4. The van der Waals surface area contributed by atoms with Crippen molar-refractivity contribution in [3.8, 4) is 0 Å². The molecule has 0 radical (unpaired) electrons. The number of amides is 1. The quantitative estimate of drug-likeness (QED) is 0.747. The monoisotopic (exact) mass is 436 g/mol. The number of benzene rings is 2. The molecule has 1 heterocycles. The highest BCUT2D eigenvalue weighted by Gasteiger charge is 2.23. The van der Waals surface area contributed by atoms with Crippen LogP contribution in [0.3, 0.4) is 0 Å². The van der Waals surface area contributed by atoms with E-state index in [1.165, 1.54) is 0 Å². The fourth-order valence-electron chi connectivity index (χ4n) is 3.14. The van der Waals surface area contributed by atoms with E-state index in [0.29, 0.717) is 18.0 Å². The van der Waals surface area contributed by atoms with Gasteiger partial charge in [-0.2, -0.15) is 0 Å². The summed E-state index contributed by atoms with van der Waals surface area (Å²) < 4.78 is 6.45. The molecule has 0 saturated carbocycles. The lowest BCUT2D eigenvalue weighted by Crippen LogP contribution is -2.44. The Morgan fingerprint density at radius 3 is 2.62 bits per heavy atom. The van der Waals surface area contributed by atoms with Crippen LogP contribution in [0.4, 0.5) is 0 Å². The predicted molar refractivity (Wildman–Crippen MR) is 107 cm³/mol. The van der Waals surface area contributed by atoms with Crippen molar-refractivity contribution < 1.29 is 9.53 Å². The molecular weight excluding hydrogens is 416 g/mol.